The van der Waals surface area contributed by atoms with Crippen LogP contribution in [0, 0.1) is 13.8 Å². The monoisotopic (exact) mass is 272 g/mol. The molecule has 1 rings (SSSR count). The molecule has 0 spiro atoms. The van der Waals surface area contributed by atoms with Crippen molar-refractivity contribution in [2.45, 2.75) is 80.6 Å². The molecule has 0 radical (unpaired) electrons. The molecule has 0 heteroatoms. The van der Waals surface area contributed by atoms with Gasteiger partial charge in [-0.3, -0.25) is 0 Å². The largest absolute Gasteiger partial charge is 0.0701 e. The molecule has 0 aromatic heterocycles. The molecule has 0 aliphatic carbocycles. The Kier molecular flexibility index (Phi) is 6.05. The van der Waals surface area contributed by atoms with Gasteiger partial charge in [0.05, 0.1) is 0 Å². The summed E-state index contributed by atoms with van der Waals surface area (Å²) in [6, 6.07) is 2.41. The highest BCUT2D eigenvalue weighted by molar-refractivity contribution is 5.74. The van der Waals surface area contributed by atoms with E-state index in [9.17, 15) is 0 Å². The summed E-state index contributed by atoms with van der Waals surface area (Å²) in [6.07, 6.45) is 3.47. The van der Waals surface area contributed by atoms with Crippen LogP contribution in [0.3, 0.4) is 0 Å². The van der Waals surface area contributed by atoms with Gasteiger partial charge < -0.3 is 0 Å². The van der Waals surface area contributed by atoms with Gasteiger partial charge >= 0.3 is 0 Å². The predicted molar refractivity (Wildman–Crippen MR) is 92.6 cm³/mol. The van der Waals surface area contributed by atoms with Gasteiger partial charge in [0, 0.05) is 0 Å². The van der Waals surface area contributed by atoms with Crippen molar-refractivity contribution in [2.24, 2.45) is 0 Å². The zero-order valence-corrected chi connectivity index (χ0v) is 14.8. The van der Waals surface area contributed by atoms with E-state index in [0.29, 0.717) is 5.92 Å². The number of hydrogen-bond donors (Lipinski definition) is 0. The molecule has 0 fully saturated rings. The van der Waals surface area contributed by atoms with Crippen LogP contribution in [0.25, 0.3) is 5.57 Å². The van der Waals surface area contributed by atoms with Crippen LogP contribution >= 0.6 is 0 Å². The van der Waals surface area contributed by atoms with E-state index in [4.69, 9.17) is 0 Å². The summed E-state index contributed by atoms with van der Waals surface area (Å²) in [4.78, 5) is 0. The van der Waals surface area contributed by atoms with Crippen molar-refractivity contribution in [1.29, 1.82) is 0 Å². The van der Waals surface area contributed by atoms with E-state index in [0.717, 1.165) is 12.8 Å². The molecule has 112 valence electrons. The van der Waals surface area contributed by atoms with Gasteiger partial charge in [-0.25, -0.2) is 0 Å². The highest BCUT2D eigenvalue weighted by atomic mass is 14.2. The third kappa shape index (κ3) is 3.16. The maximum Gasteiger partial charge on any atom is -0.0158 e. The molecule has 20 heavy (non-hydrogen) atoms. The minimum atomic E-state index is 0.634. The fourth-order valence-corrected chi connectivity index (χ4v) is 3.18. The van der Waals surface area contributed by atoms with Crippen molar-refractivity contribution in [3.05, 3.63) is 39.5 Å². The van der Waals surface area contributed by atoms with E-state index in [1.807, 2.05) is 0 Å². The third-order valence-corrected chi connectivity index (χ3v) is 4.97. The first-order valence-electron chi connectivity index (χ1n) is 8.18. The first kappa shape index (κ1) is 17.0. The Balaban J connectivity index is 3.72. The lowest BCUT2D eigenvalue weighted by Crippen LogP contribution is -2.06. The van der Waals surface area contributed by atoms with E-state index in [1.54, 1.807) is 5.56 Å². The van der Waals surface area contributed by atoms with Gasteiger partial charge in [0.2, 0.25) is 0 Å². The average Bonchev–Trinajstić information content (AvgIpc) is 2.46. The Morgan fingerprint density at radius 2 is 1.70 bits per heavy atom. The highest BCUT2D eigenvalue weighted by Crippen LogP contribution is 2.36. The summed E-state index contributed by atoms with van der Waals surface area (Å²) in [5, 5.41) is 0. The fraction of sp³-hybridized carbons (Fsp3) is 0.600. The van der Waals surface area contributed by atoms with Crippen LogP contribution in [0.4, 0.5) is 0 Å². The molecular weight excluding hydrogens is 240 g/mol. The second kappa shape index (κ2) is 7.11. The van der Waals surface area contributed by atoms with Crippen molar-refractivity contribution in [2.75, 3.05) is 0 Å². The van der Waals surface area contributed by atoms with Crippen molar-refractivity contribution >= 4 is 5.57 Å². The molecule has 0 N–H and O–H groups in total. The topological polar surface area (TPSA) is 0 Å². The maximum atomic E-state index is 2.41. The number of benzene rings is 1. The Labute approximate surface area is 126 Å². The summed E-state index contributed by atoms with van der Waals surface area (Å²) in [7, 11) is 0. The number of allylic oxidation sites excluding steroid dienone is 2. The SMILES string of the molecule is CCC(C)=C(C)c1c(C)c(CC)cc(C)c1C(C)CC. The Hall–Kier alpha value is -1.04. The third-order valence-electron chi connectivity index (χ3n) is 4.97. The van der Waals surface area contributed by atoms with E-state index in [1.165, 1.54) is 39.8 Å². The smallest absolute Gasteiger partial charge is 0.0158 e. The highest BCUT2D eigenvalue weighted by Gasteiger charge is 2.18. The minimum Gasteiger partial charge on any atom is -0.0701 e. The first-order valence-corrected chi connectivity index (χ1v) is 8.18. The van der Waals surface area contributed by atoms with Crippen LogP contribution in [-0.4, -0.2) is 0 Å². The fourth-order valence-electron chi connectivity index (χ4n) is 3.18. The van der Waals surface area contributed by atoms with E-state index < -0.39 is 0 Å². The normalized spacial score (nSPS) is 14.2. The standard InChI is InChI=1S/C20H32/c1-9-13(4)16(7)20-17(8)18(11-3)12-15(6)19(20)14(5)10-2/h12,14H,9-11H2,1-8H3. The molecule has 0 aliphatic heterocycles. The zero-order chi connectivity index (χ0) is 15.4. The Bertz CT molecular complexity index is 503. The molecule has 1 aromatic carbocycles. The van der Waals surface area contributed by atoms with E-state index in [2.05, 4.69) is 61.5 Å². The Morgan fingerprint density at radius 1 is 1.10 bits per heavy atom. The molecule has 0 aliphatic rings. The number of hydrogen-bond acceptors (Lipinski definition) is 0. The predicted octanol–water partition coefficient (Wildman–Crippen LogP) is 6.58. The second-order valence-electron chi connectivity index (χ2n) is 6.19. The number of aryl methyl sites for hydroxylation is 2. The summed E-state index contributed by atoms with van der Waals surface area (Å²) < 4.78 is 0. The van der Waals surface area contributed by atoms with Gasteiger partial charge in [-0.05, 0) is 86.3 Å². The quantitative estimate of drug-likeness (QED) is 0.567. The summed E-state index contributed by atoms with van der Waals surface area (Å²) in [6.45, 7) is 18.4. The average molecular weight is 272 g/mol. The van der Waals surface area contributed by atoms with Crippen LogP contribution in [0.2, 0.25) is 0 Å². The molecule has 0 heterocycles. The molecule has 1 atom stereocenters. The van der Waals surface area contributed by atoms with Gasteiger partial charge in [-0.2, -0.15) is 0 Å². The first-order chi connectivity index (χ1) is 9.38. The summed E-state index contributed by atoms with van der Waals surface area (Å²) in [5.41, 5.74) is 10.6. The van der Waals surface area contributed by atoms with Crippen molar-refractivity contribution < 1.29 is 0 Å². The minimum absolute atomic E-state index is 0.634. The molecule has 0 bridgehead atoms. The zero-order valence-electron chi connectivity index (χ0n) is 14.8. The summed E-state index contributed by atoms with van der Waals surface area (Å²) in [5.74, 6) is 0.634. The van der Waals surface area contributed by atoms with Gasteiger partial charge in [0.15, 0.2) is 0 Å². The summed E-state index contributed by atoms with van der Waals surface area (Å²) >= 11 is 0. The lowest BCUT2D eigenvalue weighted by atomic mass is 9.81. The van der Waals surface area contributed by atoms with Crippen LogP contribution in [0.15, 0.2) is 11.6 Å². The van der Waals surface area contributed by atoms with Gasteiger partial charge in [0.1, 0.15) is 0 Å². The van der Waals surface area contributed by atoms with Crippen molar-refractivity contribution in [3.63, 3.8) is 0 Å². The van der Waals surface area contributed by atoms with Crippen molar-refractivity contribution in [1.82, 2.24) is 0 Å². The van der Waals surface area contributed by atoms with Crippen LogP contribution in [-0.2, 0) is 6.42 Å². The van der Waals surface area contributed by atoms with Crippen LogP contribution < -0.4 is 0 Å². The van der Waals surface area contributed by atoms with E-state index >= 15 is 0 Å². The van der Waals surface area contributed by atoms with Gasteiger partial charge in [0.25, 0.3) is 0 Å². The molecule has 1 unspecified atom stereocenters. The molecule has 0 nitrogen and oxygen atoms in total. The molecule has 1 aromatic rings. The van der Waals surface area contributed by atoms with Gasteiger partial charge in [-0.1, -0.05) is 39.3 Å². The Morgan fingerprint density at radius 3 is 2.15 bits per heavy atom. The lowest BCUT2D eigenvalue weighted by molar-refractivity contribution is 0.723. The van der Waals surface area contributed by atoms with Crippen LogP contribution in [0.1, 0.15) is 88.1 Å². The molecular formula is C20H32. The van der Waals surface area contributed by atoms with E-state index in [-0.39, 0.29) is 0 Å². The second-order valence-corrected chi connectivity index (χ2v) is 6.19. The van der Waals surface area contributed by atoms with Crippen LogP contribution in [0.5, 0.6) is 0 Å². The van der Waals surface area contributed by atoms with Gasteiger partial charge in [-0.15, -0.1) is 0 Å². The number of rotatable bonds is 5. The lowest BCUT2D eigenvalue weighted by Gasteiger charge is -2.24. The van der Waals surface area contributed by atoms with Crippen molar-refractivity contribution in [3.8, 4) is 0 Å². The molecule has 0 amide bonds. The molecule has 0 saturated carbocycles. The molecule has 0 saturated heterocycles. The maximum absolute atomic E-state index is 2.41.